The second kappa shape index (κ2) is 19.5. The van der Waals surface area contributed by atoms with E-state index in [2.05, 4.69) is 10.6 Å². The van der Waals surface area contributed by atoms with Gasteiger partial charge in [0.05, 0.1) is 65.6 Å². The number of anilines is 2. The van der Waals surface area contributed by atoms with Gasteiger partial charge in [-0.05, 0) is 13.0 Å². The highest BCUT2D eigenvalue weighted by Crippen LogP contribution is 2.41. The Morgan fingerprint density at radius 2 is 1.16 bits per heavy atom. The van der Waals surface area contributed by atoms with E-state index in [1.807, 2.05) is 4.90 Å². The highest BCUT2D eigenvalue weighted by Gasteiger charge is 2.32. The number of rotatable bonds is 17. The van der Waals surface area contributed by atoms with Crippen LogP contribution >= 0.6 is 0 Å². The van der Waals surface area contributed by atoms with Crippen molar-refractivity contribution in [2.45, 2.75) is 12.5 Å². The largest absolute Gasteiger partial charge is 0.493 e. The fraction of sp³-hybridized carbons (Fsp3) is 0.455. The number of carboxylic acid groups (broad SMARTS) is 2. The van der Waals surface area contributed by atoms with E-state index in [0.29, 0.717) is 71.5 Å². The molecule has 1 atom stereocenters. The van der Waals surface area contributed by atoms with E-state index in [-0.39, 0.29) is 38.4 Å². The smallest absolute Gasteiger partial charge is 0.411 e. The summed E-state index contributed by atoms with van der Waals surface area (Å²) in [5, 5.41) is 24.6. The van der Waals surface area contributed by atoms with Gasteiger partial charge in [0.1, 0.15) is 13.2 Å². The van der Waals surface area contributed by atoms with Gasteiger partial charge in [0.2, 0.25) is 11.5 Å². The van der Waals surface area contributed by atoms with Crippen molar-refractivity contribution < 1.29 is 67.3 Å². The molecular formula is C33H44N4O14. The Morgan fingerprint density at radius 1 is 0.706 bits per heavy atom. The molecule has 1 aliphatic heterocycles. The van der Waals surface area contributed by atoms with E-state index in [9.17, 15) is 29.4 Å². The minimum absolute atomic E-state index is 0.0573. The fourth-order valence-corrected chi connectivity index (χ4v) is 5.44. The monoisotopic (exact) mass is 720 g/mol. The first-order chi connectivity index (χ1) is 24.5. The zero-order valence-electron chi connectivity index (χ0n) is 29.3. The molecule has 18 heteroatoms. The number of benzene rings is 2. The molecule has 1 saturated heterocycles. The van der Waals surface area contributed by atoms with E-state index in [4.69, 9.17) is 37.9 Å². The topological polar surface area (TPSA) is 213 Å². The molecule has 0 aliphatic carbocycles. The van der Waals surface area contributed by atoms with Gasteiger partial charge in [0.15, 0.2) is 23.0 Å². The van der Waals surface area contributed by atoms with Crippen molar-refractivity contribution in [1.82, 2.24) is 9.80 Å². The molecule has 4 N–H and O–H groups in total. The van der Waals surface area contributed by atoms with E-state index in [1.165, 1.54) is 54.8 Å². The van der Waals surface area contributed by atoms with Gasteiger partial charge in [0.25, 0.3) is 0 Å². The molecule has 18 nitrogen and oxygen atoms in total. The van der Waals surface area contributed by atoms with Crippen LogP contribution in [0.15, 0.2) is 35.9 Å². The maximum Gasteiger partial charge on any atom is 0.411 e. The summed E-state index contributed by atoms with van der Waals surface area (Å²) >= 11 is 0. The van der Waals surface area contributed by atoms with Crippen LogP contribution in [0, 0.1) is 0 Å². The van der Waals surface area contributed by atoms with E-state index in [1.54, 1.807) is 17.0 Å². The lowest BCUT2D eigenvalue weighted by Crippen LogP contribution is -2.46. The fourth-order valence-electron chi connectivity index (χ4n) is 5.44. The van der Waals surface area contributed by atoms with Gasteiger partial charge in [-0.2, -0.15) is 0 Å². The summed E-state index contributed by atoms with van der Waals surface area (Å²) in [6.45, 7) is 1.08. The first-order valence-electron chi connectivity index (χ1n) is 15.6. The number of carbonyl (C=O) groups is 4. The SMILES string of the molecule is COc1cc(NC(=O)OCCN2CCCN(CCOC(=O)Nc3cc(OC)c(OC)c(OC)c3)C(C(=CC(=O)O)C(=O)O)C2)cc(OC)c1OC. The molecule has 1 unspecified atom stereocenters. The van der Waals surface area contributed by atoms with Crippen LogP contribution in [0.4, 0.5) is 21.0 Å². The minimum Gasteiger partial charge on any atom is -0.493 e. The standard InChI is InChI=1S/C33H44N4O14/c1-44-24-14-20(15-25(45-2)29(24)48-5)34-32(42)50-12-10-36-8-7-9-37(23(19-36)22(31(40)41)18-28(38)39)11-13-51-33(43)35-21-16-26(46-3)30(49-6)27(17-21)47-4/h14-18,23H,7-13,19H2,1-6H3,(H,34,42)(H,35,43)(H,38,39)(H,40,41). The maximum absolute atomic E-state index is 12.7. The molecule has 2 aromatic carbocycles. The Labute approximate surface area is 294 Å². The summed E-state index contributed by atoms with van der Waals surface area (Å²) in [7, 11) is 8.67. The van der Waals surface area contributed by atoms with Crippen LogP contribution in [-0.4, -0.2) is 139 Å². The molecule has 0 aromatic heterocycles. The zero-order valence-corrected chi connectivity index (χ0v) is 29.3. The Bertz CT molecular complexity index is 1520. The minimum atomic E-state index is -1.42. The average molecular weight is 721 g/mol. The van der Waals surface area contributed by atoms with Crippen molar-refractivity contribution in [2.24, 2.45) is 0 Å². The molecule has 3 rings (SSSR count). The van der Waals surface area contributed by atoms with Gasteiger partial charge in [-0.25, -0.2) is 19.2 Å². The van der Waals surface area contributed by atoms with Crippen LogP contribution in [0.25, 0.3) is 0 Å². The van der Waals surface area contributed by atoms with E-state index in [0.717, 1.165) is 0 Å². The molecule has 1 heterocycles. The van der Waals surface area contributed by atoms with Crippen molar-refractivity contribution in [3.05, 3.63) is 35.9 Å². The predicted molar refractivity (Wildman–Crippen MR) is 182 cm³/mol. The number of hydrogen-bond acceptors (Lipinski definition) is 14. The summed E-state index contributed by atoms with van der Waals surface area (Å²) in [4.78, 5) is 52.7. The summed E-state index contributed by atoms with van der Waals surface area (Å²) in [6, 6.07) is 5.24. The van der Waals surface area contributed by atoms with Crippen LogP contribution in [0.3, 0.4) is 0 Å². The Balaban J connectivity index is 1.64. The molecule has 2 aromatic rings. The average Bonchev–Trinajstić information content (AvgIpc) is 3.31. The molecule has 280 valence electrons. The number of carboxylic acids is 2. The van der Waals surface area contributed by atoms with Crippen LogP contribution in [-0.2, 0) is 19.1 Å². The lowest BCUT2D eigenvalue weighted by Gasteiger charge is -2.32. The predicted octanol–water partition coefficient (Wildman–Crippen LogP) is 3.01. The second-order valence-corrected chi connectivity index (χ2v) is 10.8. The Kier molecular flexibility index (Phi) is 15.3. The van der Waals surface area contributed by atoms with Crippen LogP contribution in [0.2, 0.25) is 0 Å². The lowest BCUT2D eigenvalue weighted by atomic mass is 10.0. The van der Waals surface area contributed by atoms with Gasteiger partial charge >= 0.3 is 24.1 Å². The molecule has 0 spiro atoms. The quantitative estimate of drug-likeness (QED) is 0.173. The first kappa shape index (κ1) is 39.8. The molecule has 2 amide bonds. The van der Waals surface area contributed by atoms with Crippen LogP contribution in [0.1, 0.15) is 6.42 Å². The lowest BCUT2D eigenvalue weighted by molar-refractivity contribution is -0.135. The normalized spacial score (nSPS) is 15.1. The van der Waals surface area contributed by atoms with Gasteiger partial charge in [0, 0.05) is 56.5 Å². The van der Waals surface area contributed by atoms with Gasteiger partial charge < -0.3 is 48.1 Å². The summed E-state index contributed by atoms with van der Waals surface area (Å²) in [5.74, 6) is -0.824. The van der Waals surface area contributed by atoms with Crippen molar-refractivity contribution in [1.29, 1.82) is 0 Å². The third kappa shape index (κ3) is 11.2. The summed E-state index contributed by atoms with van der Waals surface area (Å²) in [5.41, 5.74) is 0.302. The molecule has 0 saturated carbocycles. The maximum atomic E-state index is 12.7. The van der Waals surface area contributed by atoms with Crippen molar-refractivity contribution in [2.75, 3.05) is 99.2 Å². The number of methoxy groups -OCH3 is 6. The number of carbonyl (C=O) groups excluding carboxylic acids is 2. The van der Waals surface area contributed by atoms with Crippen LogP contribution < -0.4 is 39.1 Å². The molecular weight excluding hydrogens is 676 g/mol. The Morgan fingerprint density at radius 3 is 1.55 bits per heavy atom. The number of nitrogens with zero attached hydrogens (tertiary/aromatic N) is 2. The van der Waals surface area contributed by atoms with Gasteiger partial charge in [-0.15, -0.1) is 0 Å². The van der Waals surface area contributed by atoms with Crippen molar-refractivity contribution in [3.63, 3.8) is 0 Å². The first-order valence-corrected chi connectivity index (χ1v) is 15.6. The molecule has 0 radical (unpaired) electrons. The molecule has 1 aliphatic rings. The third-order valence-corrected chi connectivity index (χ3v) is 7.75. The molecule has 51 heavy (non-hydrogen) atoms. The third-order valence-electron chi connectivity index (χ3n) is 7.75. The van der Waals surface area contributed by atoms with E-state index < -0.39 is 30.2 Å². The Hall–Kier alpha value is -5.62. The summed E-state index contributed by atoms with van der Waals surface area (Å²) in [6.07, 6.45) is -0.329. The van der Waals surface area contributed by atoms with Crippen molar-refractivity contribution >= 4 is 35.5 Å². The van der Waals surface area contributed by atoms with Gasteiger partial charge in [-0.1, -0.05) is 0 Å². The van der Waals surface area contributed by atoms with Crippen molar-refractivity contribution in [3.8, 4) is 34.5 Å². The number of amides is 2. The second-order valence-electron chi connectivity index (χ2n) is 10.8. The van der Waals surface area contributed by atoms with Gasteiger partial charge in [-0.3, -0.25) is 20.4 Å². The highest BCUT2D eigenvalue weighted by molar-refractivity contribution is 5.95. The number of hydrogen-bond donors (Lipinski definition) is 4. The number of ether oxygens (including phenoxy) is 8. The van der Waals surface area contributed by atoms with Crippen LogP contribution in [0.5, 0.6) is 34.5 Å². The number of aliphatic carboxylic acids is 2. The molecule has 1 fully saturated rings. The molecule has 0 bridgehead atoms. The van der Waals surface area contributed by atoms with E-state index >= 15 is 0 Å². The number of nitrogens with one attached hydrogen (secondary N) is 2. The highest BCUT2D eigenvalue weighted by atomic mass is 16.6. The summed E-state index contributed by atoms with van der Waals surface area (Å²) < 4.78 is 42.6. The zero-order chi connectivity index (χ0) is 37.5.